The summed E-state index contributed by atoms with van der Waals surface area (Å²) in [5.74, 6) is 1.04. The minimum absolute atomic E-state index is 0.213. The van der Waals surface area contributed by atoms with Gasteiger partial charge in [0.15, 0.2) is 0 Å². The normalized spacial score (nSPS) is 15.0. The number of hydrogen-bond donors (Lipinski definition) is 0. The van der Waals surface area contributed by atoms with E-state index in [0.717, 1.165) is 56.0 Å². The van der Waals surface area contributed by atoms with E-state index >= 15 is 0 Å². The molecule has 4 nitrogen and oxygen atoms in total. The van der Waals surface area contributed by atoms with Crippen molar-refractivity contribution in [1.29, 1.82) is 0 Å². The summed E-state index contributed by atoms with van der Waals surface area (Å²) in [4.78, 5) is 17.3. The van der Waals surface area contributed by atoms with Crippen LogP contribution >= 0.6 is 11.3 Å². The van der Waals surface area contributed by atoms with Crippen molar-refractivity contribution in [1.82, 2.24) is 9.80 Å². The molecule has 0 saturated carbocycles. The van der Waals surface area contributed by atoms with Gasteiger partial charge in [-0.15, -0.1) is 0 Å². The topological polar surface area (TPSA) is 32.8 Å². The van der Waals surface area contributed by atoms with Crippen LogP contribution in [-0.2, 0) is 24.4 Å². The molecule has 4 rings (SSSR count). The SMILES string of the molecule is O=C(Cc1ccc(OCc2ccccc2)cc1)N1CCCN(Cc2ccsc2)CC1. The fraction of sp³-hybridized carbons (Fsp3) is 0.320. The lowest BCUT2D eigenvalue weighted by Crippen LogP contribution is -2.36. The maximum absolute atomic E-state index is 12.8. The average Bonchev–Trinajstić information content (AvgIpc) is 3.18. The van der Waals surface area contributed by atoms with Crippen molar-refractivity contribution < 1.29 is 9.53 Å². The Labute approximate surface area is 182 Å². The van der Waals surface area contributed by atoms with Gasteiger partial charge in [-0.05, 0) is 52.1 Å². The first kappa shape index (κ1) is 20.6. The van der Waals surface area contributed by atoms with Gasteiger partial charge in [0.05, 0.1) is 6.42 Å². The summed E-state index contributed by atoms with van der Waals surface area (Å²) < 4.78 is 5.84. The third-order valence-corrected chi connectivity index (χ3v) is 6.19. The molecule has 1 fully saturated rings. The number of thiophene rings is 1. The first-order chi connectivity index (χ1) is 14.8. The molecule has 1 aliphatic heterocycles. The predicted octanol–water partition coefficient (Wildman–Crippen LogP) is 4.60. The van der Waals surface area contributed by atoms with Crippen molar-refractivity contribution >= 4 is 17.2 Å². The maximum Gasteiger partial charge on any atom is 0.227 e. The average molecular weight is 421 g/mol. The Hall–Kier alpha value is -2.63. The van der Waals surface area contributed by atoms with E-state index in [1.165, 1.54) is 5.56 Å². The molecule has 0 bridgehead atoms. The molecular weight excluding hydrogens is 392 g/mol. The monoisotopic (exact) mass is 420 g/mol. The molecule has 2 heterocycles. The summed E-state index contributed by atoms with van der Waals surface area (Å²) in [6.07, 6.45) is 1.48. The summed E-state index contributed by atoms with van der Waals surface area (Å²) in [6, 6.07) is 20.2. The molecule has 1 aromatic heterocycles. The van der Waals surface area contributed by atoms with Crippen molar-refractivity contribution in [3.8, 4) is 5.75 Å². The van der Waals surface area contributed by atoms with Gasteiger partial charge in [-0.2, -0.15) is 11.3 Å². The Bertz CT molecular complexity index is 910. The second-order valence-corrected chi connectivity index (χ2v) is 8.52. The lowest BCUT2D eigenvalue weighted by atomic mass is 10.1. The van der Waals surface area contributed by atoms with Gasteiger partial charge < -0.3 is 9.64 Å². The molecule has 5 heteroatoms. The standard InChI is InChI=1S/C25H28N2O2S/c28-25(27-13-4-12-26(14-15-27)18-23-11-16-30-20-23)17-21-7-9-24(10-8-21)29-19-22-5-2-1-3-6-22/h1-3,5-11,16,20H,4,12-15,17-19H2. The third-order valence-electron chi connectivity index (χ3n) is 5.45. The van der Waals surface area contributed by atoms with E-state index in [1.54, 1.807) is 11.3 Å². The fourth-order valence-corrected chi connectivity index (χ4v) is 4.41. The van der Waals surface area contributed by atoms with Gasteiger partial charge >= 0.3 is 0 Å². The molecule has 0 radical (unpaired) electrons. The van der Waals surface area contributed by atoms with E-state index in [1.807, 2.05) is 47.4 Å². The number of hydrogen-bond acceptors (Lipinski definition) is 4. The summed E-state index contributed by atoms with van der Waals surface area (Å²) in [6.45, 7) is 5.17. The Balaban J connectivity index is 1.25. The Morgan fingerprint density at radius 2 is 1.70 bits per heavy atom. The minimum atomic E-state index is 0.213. The predicted molar refractivity (Wildman–Crippen MR) is 122 cm³/mol. The number of ether oxygens (including phenoxy) is 1. The maximum atomic E-state index is 12.8. The van der Waals surface area contributed by atoms with Crippen LogP contribution in [0.3, 0.4) is 0 Å². The lowest BCUT2D eigenvalue weighted by Gasteiger charge is -2.22. The highest BCUT2D eigenvalue weighted by atomic mass is 32.1. The molecule has 0 N–H and O–H groups in total. The van der Waals surface area contributed by atoms with Gasteiger partial charge in [0.2, 0.25) is 5.91 Å². The highest BCUT2D eigenvalue weighted by Gasteiger charge is 2.19. The lowest BCUT2D eigenvalue weighted by molar-refractivity contribution is -0.130. The van der Waals surface area contributed by atoms with Crippen molar-refractivity contribution in [3.05, 3.63) is 88.1 Å². The largest absolute Gasteiger partial charge is 0.489 e. The van der Waals surface area contributed by atoms with Gasteiger partial charge in [-0.25, -0.2) is 0 Å². The summed E-state index contributed by atoms with van der Waals surface area (Å²) in [5, 5.41) is 4.34. The van der Waals surface area contributed by atoms with Crippen LogP contribution in [0.5, 0.6) is 5.75 Å². The highest BCUT2D eigenvalue weighted by molar-refractivity contribution is 7.07. The van der Waals surface area contributed by atoms with Crippen molar-refractivity contribution in [2.45, 2.75) is 26.0 Å². The Kier molecular flexibility index (Phi) is 7.16. The van der Waals surface area contributed by atoms with E-state index in [2.05, 4.69) is 33.9 Å². The molecule has 30 heavy (non-hydrogen) atoms. The van der Waals surface area contributed by atoms with Crippen molar-refractivity contribution in [2.24, 2.45) is 0 Å². The van der Waals surface area contributed by atoms with Crippen LogP contribution in [0, 0.1) is 0 Å². The minimum Gasteiger partial charge on any atom is -0.489 e. The quantitative estimate of drug-likeness (QED) is 0.560. The number of benzene rings is 2. The molecule has 1 saturated heterocycles. The van der Waals surface area contributed by atoms with Gasteiger partial charge in [0.1, 0.15) is 12.4 Å². The molecule has 0 spiro atoms. The summed E-state index contributed by atoms with van der Waals surface area (Å²) in [7, 11) is 0. The van der Waals surface area contributed by atoms with Crippen LogP contribution in [0.2, 0.25) is 0 Å². The molecule has 1 amide bonds. The summed E-state index contributed by atoms with van der Waals surface area (Å²) in [5.41, 5.74) is 3.55. The molecule has 2 aromatic carbocycles. The van der Waals surface area contributed by atoms with Gasteiger partial charge in [0, 0.05) is 32.7 Å². The fourth-order valence-electron chi connectivity index (χ4n) is 3.75. The molecule has 156 valence electrons. The van der Waals surface area contributed by atoms with Crippen LogP contribution < -0.4 is 4.74 Å². The highest BCUT2D eigenvalue weighted by Crippen LogP contribution is 2.16. The van der Waals surface area contributed by atoms with E-state index in [9.17, 15) is 4.79 Å². The van der Waals surface area contributed by atoms with Crippen LogP contribution in [0.15, 0.2) is 71.4 Å². The van der Waals surface area contributed by atoms with E-state index in [0.29, 0.717) is 13.0 Å². The van der Waals surface area contributed by atoms with Gasteiger partial charge in [-0.1, -0.05) is 42.5 Å². The van der Waals surface area contributed by atoms with Crippen LogP contribution in [0.25, 0.3) is 0 Å². The van der Waals surface area contributed by atoms with Crippen LogP contribution in [0.4, 0.5) is 0 Å². The zero-order valence-electron chi connectivity index (χ0n) is 17.2. The molecule has 0 atom stereocenters. The van der Waals surface area contributed by atoms with Crippen molar-refractivity contribution in [3.63, 3.8) is 0 Å². The van der Waals surface area contributed by atoms with E-state index in [4.69, 9.17) is 4.74 Å². The zero-order chi connectivity index (χ0) is 20.6. The second-order valence-electron chi connectivity index (χ2n) is 7.74. The number of rotatable bonds is 7. The van der Waals surface area contributed by atoms with E-state index in [-0.39, 0.29) is 5.91 Å². The van der Waals surface area contributed by atoms with Crippen LogP contribution in [0.1, 0.15) is 23.1 Å². The molecular formula is C25H28N2O2S. The Morgan fingerprint density at radius 1 is 0.867 bits per heavy atom. The number of amides is 1. The molecule has 0 aliphatic carbocycles. The second kappa shape index (κ2) is 10.4. The number of carbonyl (C=O) groups excluding carboxylic acids is 1. The first-order valence-electron chi connectivity index (χ1n) is 10.5. The molecule has 3 aromatic rings. The Morgan fingerprint density at radius 3 is 2.47 bits per heavy atom. The first-order valence-corrected chi connectivity index (χ1v) is 11.5. The zero-order valence-corrected chi connectivity index (χ0v) is 18.0. The molecule has 0 unspecified atom stereocenters. The smallest absolute Gasteiger partial charge is 0.227 e. The van der Waals surface area contributed by atoms with E-state index < -0.39 is 0 Å². The molecule has 1 aliphatic rings. The number of nitrogens with zero attached hydrogens (tertiary/aromatic N) is 2. The van der Waals surface area contributed by atoms with Gasteiger partial charge in [0.25, 0.3) is 0 Å². The van der Waals surface area contributed by atoms with Gasteiger partial charge in [-0.3, -0.25) is 9.69 Å². The van der Waals surface area contributed by atoms with Crippen LogP contribution in [-0.4, -0.2) is 41.9 Å². The third kappa shape index (κ3) is 5.94. The summed E-state index contributed by atoms with van der Waals surface area (Å²) >= 11 is 1.74. The number of carbonyl (C=O) groups is 1. The van der Waals surface area contributed by atoms with Crippen molar-refractivity contribution in [2.75, 3.05) is 26.2 Å².